The first-order chi connectivity index (χ1) is 8.60. The molecule has 0 spiro atoms. The molecule has 1 aliphatic rings. The van der Waals surface area contributed by atoms with Crippen molar-refractivity contribution in [1.29, 1.82) is 0 Å². The number of aromatic nitrogens is 2. The first-order valence-corrected chi connectivity index (χ1v) is 6.52. The average molecular weight is 250 g/mol. The molecule has 0 saturated carbocycles. The van der Waals surface area contributed by atoms with E-state index in [1.165, 1.54) is 0 Å². The van der Waals surface area contributed by atoms with Crippen molar-refractivity contribution in [3.05, 3.63) is 17.5 Å². The lowest BCUT2D eigenvalue weighted by atomic mass is 10.1. The van der Waals surface area contributed by atoms with Crippen LogP contribution in [0.3, 0.4) is 0 Å². The molecule has 1 aromatic heterocycles. The minimum Gasteiger partial charge on any atom is -0.373 e. The van der Waals surface area contributed by atoms with Crippen molar-refractivity contribution in [2.24, 2.45) is 5.73 Å². The predicted octanol–water partition coefficient (Wildman–Crippen LogP) is 1.07. The van der Waals surface area contributed by atoms with Gasteiger partial charge in [0, 0.05) is 31.0 Å². The van der Waals surface area contributed by atoms with Crippen molar-refractivity contribution in [2.75, 3.05) is 31.1 Å². The zero-order chi connectivity index (χ0) is 13.1. The van der Waals surface area contributed by atoms with Gasteiger partial charge in [0.1, 0.15) is 0 Å². The van der Waals surface area contributed by atoms with Crippen molar-refractivity contribution < 1.29 is 4.74 Å². The fourth-order valence-electron chi connectivity index (χ4n) is 2.06. The van der Waals surface area contributed by atoms with E-state index in [4.69, 9.17) is 10.5 Å². The van der Waals surface area contributed by atoms with E-state index in [0.717, 1.165) is 30.4 Å². The minimum atomic E-state index is 0.0883. The van der Waals surface area contributed by atoms with E-state index >= 15 is 0 Å². The highest BCUT2D eigenvalue weighted by atomic mass is 16.5. The van der Waals surface area contributed by atoms with Crippen LogP contribution < -0.4 is 10.6 Å². The van der Waals surface area contributed by atoms with Crippen LogP contribution in [-0.2, 0) is 4.74 Å². The summed E-state index contributed by atoms with van der Waals surface area (Å²) in [6.07, 6.45) is 0.0883. The van der Waals surface area contributed by atoms with Crippen molar-refractivity contribution >= 4 is 5.95 Å². The lowest BCUT2D eigenvalue weighted by Crippen LogP contribution is -2.46. The summed E-state index contributed by atoms with van der Waals surface area (Å²) >= 11 is 0. The molecular weight excluding hydrogens is 228 g/mol. The number of rotatable bonds is 3. The smallest absolute Gasteiger partial charge is 0.225 e. The SMILES string of the molecule is Cc1cc(C(C)C)nc(N2CCOC(CN)C2)n1. The van der Waals surface area contributed by atoms with E-state index in [1.54, 1.807) is 0 Å². The first-order valence-electron chi connectivity index (χ1n) is 6.52. The summed E-state index contributed by atoms with van der Waals surface area (Å²) in [7, 11) is 0. The van der Waals surface area contributed by atoms with Crippen LogP contribution in [0.25, 0.3) is 0 Å². The Kier molecular flexibility index (Phi) is 4.14. The second kappa shape index (κ2) is 5.63. The highest BCUT2D eigenvalue weighted by Gasteiger charge is 2.22. The number of nitrogens with two attached hydrogens (primary N) is 1. The molecule has 2 rings (SSSR count). The predicted molar refractivity (Wildman–Crippen MR) is 71.9 cm³/mol. The van der Waals surface area contributed by atoms with Crippen LogP contribution in [0.15, 0.2) is 6.07 Å². The van der Waals surface area contributed by atoms with Gasteiger partial charge in [0.05, 0.1) is 12.7 Å². The summed E-state index contributed by atoms with van der Waals surface area (Å²) in [6.45, 7) is 9.14. The molecule has 1 fully saturated rings. The highest BCUT2D eigenvalue weighted by molar-refractivity contribution is 5.34. The fraction of sp³-hybridized carbons (Fsp3) is 0.692. The van der Waals surface area contributed by atoms with Gasteiger partial charge in [-0.3, -0.25) is 0 Å². The largest absolute Gasteiger partial charge is 0.373 e. The minimum absolute atomic E-state index is 0.0883. The van der Waals surface area contributed by atoms with Crippen molar-refractivity contribution in [1.82, 2.24) is 9.97 Å². The van der Waals surface area contributed by atoms with Gasteiger partial charge < -0.3 is 15.4 Å². The first kappa shape index (κ1) is 13.2. The number of anilines is 1. The van der Waals surface area contributed by atoms with Gasteiger partial charge in [0.25, 0.3) is 0 Å². The fourth-order valence-corrected chi connectivity index (χ4v) is 2.06. The number of aryl methyl sites for hydroxylation is 1. The summed E-state index contributed by atoms with van der Waals surface area (Å²) in [4.78, 5) is 11.3. The molecule has 0 aliphatic carbocycles. The Balaban J connectivity index is 2.21. The summed E-state index contributed by atoms with van der Waals surface area (Å²) in [5, 5.41) is 0. The topological polar surface area (TPSA) is 64.3 Å². The molecule has 0 amide bonds. The van der Waals surface area contributed by atoms with Gasteiger partial charge in [-0.2, -0.15) is 0 Å². The summed E-state index contributed by atoms with van der Waals surface area (Å²) in [6, 6.07) is 2.05. The molecule has 1 saturated heterocycles. The maximum atomic E-state index is 5.66. The van der Waals surface area contributed by atoms with Crippen molar-refractivity contribution in [2.45, 2.75) is 32.8 Å². The zero-order valence-corrected chi connectivity index (χ0v) is 11.4. The Labute approximate surface area is 108 Å². The van der Waals surface area contributed by atoms with E-state index in [9.17, 15) is 0 Å². The van der Waals surface area contributed by atoms with Crippen LogP contribution >= 0.6 is 0 Å². The van der Waals surface area contributed by atoms with Gasteiger partial charge in [-0.25, -0.2) is 9.97 Å². The van der Waals surface area contributed by atoms with Gasteiger partial charge >= 0.3 is 0 Å². The normalized spacial score (nSPS) is 20.5. The summed E-state index contributed by atoms with van der Waals surface area (Å²) < 4.78 is 5.56. The van der Waals surface area contributed by atoms with Gasteiger partial charge in [-0.05, 0) is 18.9 Å². The third-order valence-electron chi connectivity index (χ3n) is 3.14. The molecule has 0 bridgehead atoms. The third-order valence-corrected chi connectivity index (χ3v) is 3.14. The molecule has 2 N–H and O–H groups in total. The zero-order valence-electron chi connectivity index (χ0n) is 11.4. The van der Waals surface area contributed by atoms with Gasteiger partial charge in [-0.1, -0.05) is 13.8 Å². The standard InChI is InChI=1S/C13H22N4O/c1-9(2)12-6-10(3)15-13(16-12)17-4-5-18-11(7-14)8-17/h6,9,11H,4-5,7-8,14H2,1-3H3. The van der Waals surface area contributed by atoms with E-state index in [0.29, 0.717) is 19.1 Å². The quantitative estimate of drug-likeness (QED) is 0.869. The molecule has 0 aromatic carbocycles. The molecule has 1 aromatic rings. The maximum Gasteiger partial charge on any atom is 0.225 e. The lowest BCUT2D eigenvalue weighted by Gasteiger charge is -2.32. The number of ether oxygens (including phenoxy) is 1. The third kappa shape index (κ3) is 2.97. The van der Waals surface area contributed by atoms with Crippen molar-refractivity contribution in [3.8, 4) is 0 Å². The number of nitrogens with zero attached hydrogens (tertiary/aromatic N) is 3. The molecular formula is C13H22N4O. The summed E-state index contributed by atoms with van der Waals surface area (Å²) in [5.41, 5.74) is 7.76. The van der Waals surface area contributed by atoms with Crippen LogP contribution in [0.2, 0.25) is 0 Å². The van der Waals surface area contributed by atoms with Crippen LogP contribution in [0.5, 0.6) is 0 Å². The monoisotopic (exact) mass is 250 g/mol. The van der Waals surface area contributed by atoms with Gasteiger partial charge in [0.2, 0.25) is 5.95 Å². The molecule has 2 heterocycles. The molecule has 5 nitrogen and oxygen atoms in total. The second-order valence-electron chi connectivity index (χ2n) is 5.06. The van der Waals surface area contributed by atoms with E-state index in [2.05, 4.69) is 34.8 Å². The molecule has 18 heavy (non-hydrogen) atoms. The molecule has 1 atom stereocenters. The molecule has 5 heteroatoms. The summed E-state index contributed by atoms with van der Waals surface area (Å²) in [5.74, 6) is 1.22. The Morgan fingerprint density at radius 1 is 1.50 bits per heavy atom. The second-order valence-corrected chi connectivity index (χ2v) is 5.06. The molecule has 1 aliphatic heterocycles. The van der Waals surface area contributed by atoms with Gasteiger partial charge in [-0.15, -0.1) is 0 Å². The van der Waals surface area contributed by atoms with Crippen LogP contribution in [0.4, 0.5) is 5.95 Å². The van der Waals surface area contributed by atoms with Crippen LogP contribution in [-0.4, -0.2) is 42.3 Å². The number of morpholine rings is 1. The Hall–Kier alpha value is -1.20. The Morgan fingerprint density at radius 2 is 2.28 bits per heavy atom. The molecule has 100 valence electrons. The van der Waals surface area contributed by atoms with Crippen LogP contribution in [0.1, 0.15) is 31.2 Å². The van der Waals surface area contributed by atoms with Crippen molar-refractivity contribution in [3.63, 3.8) is 0 Å². The Morgan fingerprint density at radius 3 is 2.94 bits per heavy atom. The lowest BCUT2D eigenvalue weighted by molar-refractivity contribution is 0.0460. The van der Waals surface area contributed by atoms with E-state index < -0.39 is 0 Å². The highest BCUT2D eigenvalue weighted by Crippen LogP contribution is 2.18. The molecule has 1 unspecified atom stereocenters. The molecule has 0 radical (unpaired) electrons. The van der Waals surface area contributed by atoms with Gasteiger partial charge in [0.15, 0.2) is 0 Å². The number of hydrogen-bond donors (Lipinski definition) is 1. The van der Waals surface area contributed by atoms with E-state index in [1.807, 2.05) is 6.92 Å². The van der Waals surface area contributed by atoms with Crippen LogP contribution in [0, 0.1) is 6.92 Å². The maximum absolute atomic E-state index is 5.66. The van der Waals surface area contributed by atoms with E-state index in [-0.39, 0.29) is 6.10 Å². The Bertz CT molecular complexity index is 408. The average Bonchev–Trinajstić information content (AvgIpc) is 2.38. The number of hydrogen-bond acceptors (Lipinski definition) is 5.